The molecule has 0 spiro atoms. The summed E-state index contributed by atoms with van der Waals surface area (Å²) in [5.74, 6) is 0.552. The summed E-state index contributed by atoms with van der Waals surface area (Å²) >= 11 is 1.57. The van der Waals surface area contributed by atoms with Crippen LogP contribution >= 0.6 is 11.3 Å². The van der Waals surface area contributed by atoms with Gasteiger partial charge < -0.3 is 4.90 Å². The van der Waals surface area contributed by atoms with Gasteiger partial charge in [-0.3, -0.25) is 4.79 Å². The molecule has 1 aromatic heterocycles. The molecule has 2 heterocycles. The quantitative estimate of drug-likeness (QED) is 0.885. The highest BCUT2D eigenvalue weighted by Crippen LogP contribution is 2.25. The third kappa shape index (κ3) is 4.52. The van der Waals surface area contributed by atoms with E-state index < -0.39 is 10.0 Å². The number of sulfonamides is 1. The van der Waals surface area contributed by atoms with Gasteiger partial charge in [0.15, 0.2) is 0 Å². The predicted octanol–water partition coefficient (Wildman–Crippen LogP) is 1.32. The summed E-state index contributed by atoms with van der Waals surface area (Å²) in [7, 11) is -3.26. The zero-order valence-electron chi connectivity index (χ0n) is 12.6. The van der Waals surface area contributed by atoms with Crippen molar-refractivity contribution in [3.63, 3.8) is 0 Å². The van der Waals surface area contributed by atoms with Gasteiger partial charge in [0.05, 0.1) is 12.7 Å². The molecule has 0 radical (unpaired) electrons. The number of hydrogen-bond acceptors (Lipinski definition) is 4. The lowest BCUT2D eigenvalue weighted by atomic mass is 9.92. The van der Waals surface area contributed by atoms with E-state index >= 15 is 0 Å². The van der Waals surface area contributed by atoms with Crippen molar-refractivity contribution in [2.75, 3.05) is 19.3 Å². The molecule has 1 saturated heterocycles. The molecule has 1 amide bonds. The van der Waals surface area contributed by atoms with Crippen molar-refractivity contribution >= 4 is 27.3 Å². The van der Waals surface area contributed by atoms with Crippen LogP contribution in [0.4, 0.5) is 0 Å². The van der Waals surface area contributed by atoms with Crippen LogP contribution in [0.5, 0.6) is 0 Å². The Balaban J connectivity index is 2.04. The fraction of sp³-hybridized carbons (Fsp3) is 0.643. The van der Waals surface area contributed by atoms with Crippen molar-refractivity contribution in [2.45, 2.75) is 26.3 Å². The van der Waals surface area contributed by atoms with Gasteiger partial charge in [-0.25, -0.2) is 13.1 Å². The molecule has 0 unspecified atom stereocenters. The lowest BCUT2D eigenvalue weighted by molar-refractivity contribution is -0.129. The van der Waals surface area contributed by atoms with Gasteiger partial charge in [-0.15, -0.1) is 11.3 Å². The van der Waals surface area contributed by atoms with Gasteiger partial charge in [-0.05, 0) is 23.3 Å². The first-order valence-corrected chi connectivity index (χ1v) is 9.81. The Bertz CT molecular complexity index is 581. The van der Waals surface area contributed by atoms with Gasteiger partial charge >= 0.3 is 0 Å². The highest BCUT2D eigenvalue weighted by molar-refractivity contribution is 7.88. The molecule has 1 aliphatic rings. The Morgan fingerprint density at radius 3 is 2.71 bits per heavy atom. The van der Waals surface area contributed by atoms with E-state index in [1.54, 1.807) is 16.2 Å². The number of nitrogens with zero attached hydrogens (tertiary/aromatic N) is 1. The van der Waals surface area contributed by atoms with Gasteiger partial charge in [0.1, 0.15) is 0 Å². The van der Waals surface area contributed by atoms with Crippen LogP contribution in [0.3, 0.4) is 0 Å². The number of hydrogen-bond donors (Lipinski definition) is 1. The summed E-state index contributed by atoms with van der Waals surface area (Å²) in [6, 6.07) is 3.69. The number of carbonyl (C=O) groups excluding carboxylic acids is 1. The van der Waals surface area contributed by atoms with E-state index in [0.717, 1.165) is 4.88 Å². The maximum absolute atomic E-state index is 12.3. The third-order valence-electron chi connectivity index (χ3n) is 3.85. The Hall–Kier alpha value is -0.920. The molecular weight excluding hydrogens is 308 g/mol. The summed E-state index contributed by atoms with van der Waals surface area (Å²) < 4.78 is 25.6. The topological polar surface area (TPSA) is 66.5 Å². The molecule has 118 valence electrons. The first-order chi connectivity index (χ1) is 9.76. The van der Waals surface area contributed by atoms with Crippen molar-refractivity contribution in [3.05, 3.63) is 22.4 Å². The molecule has 0 bridgehead atoms. The maximum Gasteiger partial charge on any atom is 0.227 e. The average Bonchev–Trinajstić information content (AvgIpc) is 2.96. The molecule has 1 N–H and O–H groups in total. The summed E-state index contributed by atoms with van der Waals surface area (Å²) in [5.41, 5.74) is 0. The van der Waals surface area contributed by atoms with Gasteiger partial charge in [0.2, 0.25) is 15.9 Å². The first-order valence-electron chi connectivity index (χ1n) is 7.03. The van der Waals surface area contributed by atoms with E-state index in [0.29, 0.717) is 25.4 Å². The zero-order valence-corrected chi connectivity index (χ0v) is 14.2. The van der Waals surface area contributed by atoms with E-state index in [1.807, 2.05) is 17.5 Å². The van der Waals surface area contributed by atoms with Gasteiger partial charge in [0, 0.05) is 24.0 Å². The second-order valence-electron chi connectivity index (χ2n) is 5.96. The molecule has 0 aromatic carbocycles. The van der Waals surface area contributed by atoms with Gasteiger partial charge in [-0.2, -0.15) is 0 Å². The van der Waals surface area contributed by atoms with Crippen LogP contribution in [0.2, 0.25) is 0 Å². The molecule has 1 aliphatic heterocycles. The number of thiophene rings is 1. The number of rotatable bonds is 5. The van der Waals surface area contributed by atoms with Crippen LogP contribution in [0, 0.1) is 11.8 Å². The van der Waals surface area contributed by atoms with Crippen LogP contribution in [0.25, 0.3) is 0 Å². The molecule has 0 aliphatic carbocycles. The molecule has 7 heteroatoms. The third-order valence-corrected chi connectivity index (χ3v) is 5.45. The van der Waals surface area contributed by atoms with E-state index in [-0.39, 0.29) is 17.9 Å². The smallest absolute Gasteiger partial charge is 0.227 e. The Morgan fingerprint density at radius 2 is 2.19 bits per heavy atom. The van der Waals surface area contributed by atoms with Crippen molar-refractivity contribution in [3.8, 4) is 0 Å². The molecule has 5 nitrogen and oxygen atoms in total. The van der Waals surface area contributed by atoms with E-state index in [2.05, 4.69) is 18.6 Å². The van der Waals surface area contributed by atoms with E-state index in [1.165, 1.54) is 6.26 Å². The molecule has 21 heavy (non-hydrogen) atoms. The summed E-state index contributed by atoms with van der Waals surface area (Å²) in [6.07, 6.45) is 1.56. The molecular formula is C14H22N2O3S2. The monoisotopic (exact) mass is 330 g/mol. The number of carbonyl (C=O) groups is 1. The highest BCUT2D eigenvalue weighted by Gasteiger charge is 2.38. The van der Waals surface area contributed by atoms with Crippen molar-refractivity contribution < 1.29 is 13.2 Å². The van der Waals surface area contributed by atoms with Crippen LogP contribution in [0.15, 0.2) is 17.5 Å². The Morgan fingerprint density at radius 1 is 1.48 bits per heavy atom. The minimum atomic E-state index is -3.26. The number of amides is 1. The largest absolute Gasteiger partial charge is 0.340 e. The van der Waals surface area contributed by atoms with Crippen LogP contribution < -0.4 is 4.72 Å². The average molecular weight is 330 g/mol. The van der Waals surface area contributed by atoms with E-state index in [4.69, 9.17) is 0 Å². The summed E-state index contributed by atoms with van der Waals surface area (Å²) in [6.45, 7) is 5.21. The lowest BCUT2D eigenvalue weighted by Crippen LogP contribution is -2.41. The minimum Gasteiger partial charge on any atom is -0.340 e. The normalized spacial score (nSPS) is 23.0. The maximum atomic E-state index is 12.3. The standard InChI is InChI=1S/C14H22N2O3S2/c1-10(2)12-8-16(9-13(12)15-21(3,18)19)14(17)7-11-5-4-6-20-11/h4-6,10,12-13,15H,7-9H2,1-3H3/t12-,13+/m0/s1. The van der Waals surface area contributed by atoms with Crippen molar-refractivity contribution in [1.82, 2.24) is 9.62 Å². The summed E-state index contributed by atoms with van der Waals surface area (Å²) in [5, 5.41) is 1.96. The highest BCUT2D eigenvalue weighted by atomic mass is 32.2. The minimum absolute atomic E-state index is 0.0703. The molecule has 0 saturated carbocycles. The SMILES string of the molecule is CC(C)[C@@H]1CN(C(=O)Cc2cccs2)C[C@H]1NS(C)(=O)=O. The first kappa shape index (κ1) is 16.5. The fourth-order valence-electron chi connectivity index (χ4n) is 2.78. The van der Waals surface area contributed by atoms with Crippen LogP contribution in [-0.4, -0.2) is 44.6 Å². The van der Waals surface area contributed by atoms with E-state index in [9.17, 15) is 13.2 Å². The van der Waals surface area contributed by atoms with Gasteiger partial charge in [-0.1, -0.05) is 19.9 Å². The Labute approximate surface area is 130 Å². The van der Waals surface area contributed by atoms with Crippen LogP contribution in [-0.2, 0) is 21.2 Å². The Kier molecular flexibility index (Phi) is 5.06. The molecule has 2 rings (SSSR count). The second kappa shape index (κ2) is 6.46. The summed E-state index contributed by atoms with van der Waals surface area (Å²) in [4.78, 5) is 15.2. The lowest BCUT2D eigenvalue weighted by Gasteiger charge is -2.21. The van der Waals surface area contributed by atoms with Crippen LogP contribution in [0.1, 0.15) is 18.7 Å². The van der Waals surface area contributed by atoms with Crippen molar-refractivity contribution in [2.24, 2.45) is 11.8 Å². The second-order valence-corrected chi connectivity index (χ2v) is 8.77. The fourth-order valence-corrected chi connectivity index (χ4v) is 4.28. The van der Waals surface area contributed by atoms with Gasteiger partial charge in [0.25, 0.3) is 0 Å². The predicted molar refractivity (Wildman–Crippen MR) is 84.7 cm³/mol. The molecule has 2 atom stereocenters. The molecule has 1 aromatic rings. The van der Waals surface area contributed by atoms with Crippen molar-refractivity contribution in [1.29, 1.82) is 0 Å². The zero-order chi connectivity index (χ0) is 15.6. The molecule has 1 fully saturated rings. The number of nitrogens with one attached hydrogen (secondary N) is 1. The number of likely N-dealkylation sites (tertiary alicyclic amines) is 1.